The first-order valence-electron chi connectivity index (χ1n) is 18.3. The minimum atomic E-state index is 0.906. The molecule has 0 aliphatic heterocycles. The SMILES string of the molecule is c1cc(-c2cccc3ccccc23)c(-c2c3ccccc3c(-c3ccc4oc5ccccc5c4c3)c3ccccc23)c(-c2cccc3ccccc23)c1. The largest absolute Gasteiger partial charge is 0.456 e. The van der Waals surface area contributed by atoms with E-state index in [4.69, 9.17) is 4.42 Å². The molecule has 0 saturated carbocycles. The maximum atomic E-state index is 6.27. The number of furan rings is 1. The van der Waals surface area contributed by atoms with Crippen molar-refractivity contribution in [3.05, 3.63) is 194 Å². The molecule has 11 aromatic rings. The van der Waals surface area contributed by atoms with Crippen molar-refractivity contribution in [3.8, 4) is 44.5 Å². The highest BCUT2D eigenvalue weighted by Crippen LogP contribution is 2.51. The van der Waals surface area contributed by atoms with Gasteiger partial charge in [0.25, 0.3) is 0 Å². The molecule has 11 rings (SSSR count). The van der Waals surface area contributed by atoms with E-state index in [1.165, 1.54) is 87.6 Å². The van der Waals surface area contributed by atoms with E-state index in [0.717, 1.165) is 21.9 Å². The van der Waals surface area contributed by atoms with Gasteiger partial charge in [0.15, 0.2) is 0 Å². The summed E-state index contributed by atoms with van der Waals surface area (Å²) in [4.78, 5) is 0. The average molecular weight is 673 g/mol. The summed E-state index contributed by atoms with van der Waals surface area (Å²) < 4.78 is 6.27. The summed E-state index contributed by atoms with van der Waals surface area (Å²) in [5.74, 6) is 0. The summed E-state index contributed by atoms with van der Waals surface area (Å²) in [5.41, 5.74) is 11.6. The highest BCUT2D eigenvalue weighted by atomic mass is 16.3. The van der Waals surface area contributed by atoms with Crippen molar-refractivity contribution in [1.82, 2.24) is 0 Å². The second-order valence-electron chi connectivity index (χ2n) is 13.9. The molecule has 246 valence electrons. The fraction of sp³-hybridized carbons (Fsp3) is 0. The van der Waals surface area contributed by atoms with Gasteiger partial charge in [-0.05, 0) is 106 Å². The number of para-hydroxylation sites is 1. The van der Waals surface area contributed by atoms with E-state index in [9.17, 15) is 0 Å². The monoisotopic (exact) mass is 672 g/mol. The smallest absolute Gasteiger partial charge is 0.135 e. The molecule has 0 amide bonds. The molecule has 0 unspecified atom stereocenters. The molecule has 0 atom stereocenters. The van der Waals surface area contributed by atoms with Gasteiger partial charge in [0, 0.05) is 10.8 Å². The fourth-order valence-corrected chi connectivity index (χ4v) is 8.78. The third kappa shape index (κ3) is 4.58. The second-order valence-corrected chi connectivity index (χ2v) is 13.9. The molecule has 0 saturated heterocycles. The Morgan fingerprint density at radius 3 is 1.25 bits per heavy atom. The number of rotatable bonds is 4. The Bertz CT molecular complexity index is 3070. The van der Waals surface area contributed by atoms with Crippen LogP contribution < -0.4 is 0 Å². The lowest BCUT2D eigenvalue weighted by molar-refractivity contribution is 0.669. The molecule has 0 aliphatic carbocycles. The molecule has 0 aliphatic rings. The van der Waals surface area contributed by atoms with Crippen LogP contribution in [-0.2, 0) is 0 Å². The summed E-state index contributed by atoms with van der Waals surface area (Å²) in [6, 6.07) is 70.8. The molecule has 0 bridgehead atoms. The Hall–Kier alpha value is -6.96. The number of hydrogen-bond acceptors (Lipinski definition) is 1. The lowest BCUT2D eigenvalue weighted by Gasteiger charge is -2.23. The van der Waals surface area contributed by atoms with E-state index >= 15 is 0 Å². The Balaban J connectivity index is 1.30. The van der Waals surface area contributed by atoms with Crippen molar-refractivity contribution in [2.45, 2.75) is 0 Å². The van der Waals surface area contributed by atoms with E-state index in [-0.39, 0.29) is 0 Å². The summed E-state index contributed by atoms with van der Waals surface area (Å²) in [7, 11) is 0. The van der Waals surface area contributed by atoms with E-state index in [2.05, 4.69) is 188 Å². The molecule has 0 spiro atoms. The van der Waals surface area contributed by atoms with Crippen LogP contribution in [0.15, 0.2) is 199 Å². The van der Waals surface area contributed by atoms with Crippen molar-refractivity contribution < 1.29 is 4.42 Å². The summed E-state index contributed by atoms with van der Waals surface area (Å²) in [6.45, 7) is 0. The molecule has 1 aromatic heterocycles. The van der Waals surface area contributed by atoms with Crippen LogP contribution in [0.1, 0.15) is 0 Å². The van der Waals surface area contributed by atoms with Crippen LogP contribution >= 0.6 is 0 Å². The minimum absolute atomic E-state index is 0.906. The van der Waals surface area contributed by atoms with Gasteiger partial charge in [-0.15, -0.1) is 0 Å². The first-order valence-corrected chi connectivity index (χ1v) is 18.3. The normalized spacial score (nSPS) is 11.8. The molecule has 10 aromatic carbocycles. The van der Waals surface area contributed by atoms with Crippen molar-refractivity contribution in [1.29, 1.82) is 0 Å². The molecule has 1 heterocycles. The van der Waals surface area contributed by atoms with Crippen LogP contribution in [0.5, 0.6) is 0 Å². The lowest BCUT2D eigenvalue weighted by Crippen LogP contribution is -1.96. The maximum absolute atomic E-state index is 6.27. The van der Waals surface area contributed by atoms with Crippen LogP contribution in [0, 0.1) is 0 Å². The number of hydrogen-bond donors (Lipinski definition) is 0. The summed E-state index contributed by atoms with van der Waals surface area (Å²) >= 11 is 0. The van der Waals surface area contributed by atoms with E-state index < -0.39 is 0 Å². The first-order chi connectivity index (χ1) is 26.3. The average Bonchev–Trinajstić information content (AvgIpc) is 3.60. The topological polar surface area (TPSA) is 13.1 Å². The summed E-state index contributed by atoms with van der Waals surface area (Å²) in [5, 5.41) is 12.1. The molecular weight excluding hydrogens is 641 g/mol. The van der Waals surface area contributed by atoms with Crippen molar-refractivity contribution in [2.75, 3.05) is 0 Å². The minimum Gasteiger partial charge on any atom is -0.456 e. The Morgan fingerprint density at radius 2 is 0.660 bits per heavy atom. The lowest BCUT2D eigenvalue weighted by atomic mass is 9.80. The van der Waals surface area contributed by atoms with Gasteiger partial charge < -0.3 is 4.42 Å². The van der Waals surface area contributed by atoms with Gasteiger partial charge in [0.05, 0.1) is 0 Å². The van der Waals surface area contributed by atoms with E-state index in [0.29, 0.717) is 0 Å². The predicted molar refractivity (Wildman–Crippen MR) is 225 cm³/mol. The van der Waals surface area contributed by atoms with Crippen molar-refractivity contribution >= 4 is 65.0 Å². The Labute approximate surface area is 307 Å². The van der Waals surface area contributed by atoms with Crippen LogP contribution in [-0.4, -0.2) is 0 Å². The third-order valence-corrected chi connectivity index (χ3v) is 11.1. The molecule has 53 heavy (non-hydrogen) atoms. The first kappa shape index (κ1) is 29.7. The quantitative estimate of drug-likeness (QED) is 0.170. The van der Waals surface area contributed by atoms with Gasteiger partial charge in [-0.3, -0.25) is 0 Å². The van der Waals surface area contributed by atoms with Crippen LogP contribution in [0.4, 0.5) is 0 Å². The van der Waals surface area contributed by atoms with Crippen molar-refractivity contribution in [2.24, 2.45) is 0 Å². The molecular formula is C52H32O. The predicted octanol–water partition coefficient (Wildman–Crippen LogP) is 14.9. The second kappa shape index (κ2) is 11.8. The molecule has 0 N–H and O–H groups in total. The fourth-order valence-electron chi connectivity index (χ4n) is 8.78. The van der Waals surface area contributed by atoms with E-state index in [1.54, 1.807) is 0 Å². The van der Waals surface area contributed by atoms with Crippen LogP contribution in [0.2, 0.25) is 0 Å². The molecule has 0 radical (unpaired) electrons. The highest BCUT2D eigenvalue weighted by molar-refractivity contribution is 6.25. The molecule has 1 heteroatoms. The zero-order chi connectivity index (χ0) is 34.9. The van der Waals surface area contributed by atoms with Gasteiger partial charge in [0.2, 0.25) is 0 Å². The zero-order valence-electron chi connectivity index (χ0n) is 28.9. The number of benzene rings is 10. The Kier molecular flexibility index (Phi) is 6.62. The highest BCUT2D eigenvalue weighted by Gasteiger charge is 2.23. The third-order valence-electron chi connectivity index (χ3n) is 11.1. The van der Waals surface area contributed by atoms with Crippen LogP contribution in [0.25, 0.3) is 110 Å². The maximum Gasteiger partial charge on any atom is 0.135 e. The van der Waals surface area contributed by atoms with Gasteiger partial charge in [-0.1, -0.05) is 176 Å². The van der Waals surface area contributed by atoms with Gasteiger partial charge in [-0.2, -0.15) is 0 Å². The number of fused-ring (bicyclic) bond motifs is 7. The van der Waals surface area contributed by atoms with Gasteiger partial charge >= 0.3 is 0 Å². The Morgan fingerprint density at radius 1 is 0.245 bits per heavy atom. The van der Waals surface area contributed by atoms with E-state index in [1.807, 2.05) is 6.07 Å². The summed E-state index contributed by atoms with van der Waals surface area (Å²) in [6.07, 6.45) is 0. The standard InChI is InChI=1S/C52H32O/c1-3-18-36-33(14-1)16-11-25-38(36)41-27-13-28-42(39-26-12-17-34-15-2-4-19-37(34)39)51(41)52-45-23-7-5-21-43(45)50(44-22-6-8-24-46(44)52)35-30-31-49-47(32-35)40-20-9-10-29-48(40)53-49/h1-32H. The zero-order valence-corrected chi connectivity index (χ0v) is 28.9. The van der Waals surface area contributed by atoms with Gasteiger partial charge in [-0.25, -0.2) is 0 Å². The van der Waals surface area contributed by atoms with Crippen LogP contribution in [0.3, 0.4) is 0 Å². The molecule has 0 fully saturated rings. The molecule has 1 nitrogen and oxygen atoms in total. The van der Waals surface area contributed by atoms with Gasteiger partial charge in [0.1, 0.15) is 11.2 Å². The van der Waals surface area contributed by atoms with Crippen molar-refractivity contribution in [3.63, 3.8) is 0 Å².